The molecule has 7 nitrogen and oxygen atoms in total. The van der Waals surface area contributed by atoms with Crippen LogP contribution in [0.15, 0.2) is 45.8 Å². The van der Waals surface area contributed by atoms with E-state index < -0.39 is 26.6 Å². The number of nitrogens with zero attached hydrogens (tertiary/aromatic N) is 1. The summed E-state index contributed by atoms with van der Waals surface area (Å²) in [5.41, 5.74) is 0.688. The molecule has 10 heteroatoms. The van der Waals surface area contributed by atoms with Crippen LogP contribution >= 0.6 is 15.9 Å². The molecule has 1 aliphatic rings. The third-order valence-corrected chi connectivity index (χ3v) is 7.00. The average Bonchev–Trinajstić information content (AvgIpc) is 3.32. The number of aromatic amines is 1. The molecule has 1 aromatic heterocycles. The Morgan fingerprint density at radius 2 is 2.07 bits per heavy atom. The molecule has 0 aliphatic carbocycles. The van der Waals surface area contributed by atoms with Gasteiger partial charge in [-0.15, -0.1) is 0 Å². The Hall–Kier alpha value is -2.30. The van der Waals surface area contributed by atoms with Crippen LogP contribution in [0.2, 0.25) is 0 Å². The molecule has 0 bridgehead atoms. The van der Waals surface area contributed by atoms with E-state index in [1.165, 1.54) is 18.2 Å². The van der Waals surface area contributed by atoms with Crippen molar-refractivity contribution < 1.29 is 17.6 Å². The molecular weight excluding hydrogens is 451 g/mol. The van der Waals surface area contributed by atoms with Gasteiger partial charge < -0.3 is 5.32 Å². The summed E-state index contributed by atoms with van der Waals surface area (Å²) >= 11 is 3.10. The third-order valence-electron chi connectivity index (χ3n) is 4.72. The molecule has 4 rings (SSSR count). The third kappa shape index (κ3) is 3.43. The van der Waals surface area contributed by atoms with Crippen molar-refractivity contribution in [2.45, 2.75) is 17.2 Å². The van der Waals surface area contributed by atoms with Gasteiger partial charge in [-0.3, -0.25) is 9.89 Å². The van der Waals surface area contributed by atoms with Crippen molar-refractivity contribution >= 4 is 42.6 Å². The fourth-order valence-corrected chi connectivity index (χ4v) is 5.48. The summed E-state index contributed by atoms with van der Waals surface area (Å²) in [6.07, 6.45) is 0.900. The Morgan fingerprint density at radius 3 is 2.82 bits per heavy atom. The summed E-state index contributed by atoms with van der Waals surface area (Å²) < 4.78 is 42.3. The molecule has 3 N–H and O–H groups in total. The van der Waals surface area contributed by atoms with Crippen molar-refractivity contribution in [3.8, 4) is 0 Å². The molecule has 2 aromatic carbocycles. The highest BCUT2D eigenvalue weighted by molar-refractivity contribution is 9.10. The highest BCUT2D eigenvalue weighted by Gasteiger charge is 2.28. The van der Waals surface area contributed by atoms with Crippen LogP contribution in [-0.2, 0) is 10.0 Å². The largest absolute Gasteiger partial charge is 0.316 e. The smallest absolute Gasteiger partial charge is 0.285 e. The maximum Gasteiger partial charge on any atom is 0.285 e. The van der Waals surface area contributed by atoms with Crippen LogP contribution in [0.25, 0.3) is 10.8 Å². The first-order chi connectivity index (χ1) is 13.4. The normalized spacial score (nSPS) is 17.1. The topological polar surface area (TPSA) is 104 Å². The number of H-pyrrole nitrogens is 1. The minimum absolute atomic E-state index is 0.0312. The number of rotatable bonds is 4. The predicted octanol–water partition coefficient (Wildman–Crippen LogP) is 2.66. The summed E-state index contributed by atoms with van der Waals surface area (Å²) in [4.78, 5) is 11.8. The fraction of sp³-hybridized carbons (Fsp3) is 0.222. The Balaban J connectivity index is 1.64. The molecule has 0 spiro atoms. The van der Waals surface area contributed by atoms with E-state index in [1.807, 2.05) is 4.72 Å². The van der Waals surface area contributed by atoms with Crippen LogP contribution in [0.1, 0.15) is 28.5 Å². The number of amides is 1. The molecule has 1 fully saturated rings. The highest BCUT2D eigenvalue weighted by Crippen LogP contribution is 2.31. The first-order valence-electron chi connectivity index (χ1n) is 8.57. The Morgan fingerprint density at radius 1 is 1.29 bits per heavy atom. The van der Waals surface area contributed by atoms with E-state index in [2.05, 4.69) is 31.4 Å². The molecule has 1 saturated heterocycles. The van der Waals surface area contributed by atoms with Gasteiger partial charge in [0.25, 0.3) is 15.9 Å². The quantitative estimate of drug-likeness (QED) is 0.548. The zero-order valence-electron chi connectivity index (χ0n) is 14.5. The van der Waals surface area contributed by atoms with E-state index in [0.717, 1.165) is 25.2 Å². The van der Waals surface area contributed by atoms with Gasteiger partial charge in [0.05, 0.1) is 0 Å². The van der Waals surface area contributed by atoms with Crippen molar-refractivity contribution in [1.29, 1.82) is 0 Å². The molecule has 2 heterocycles. The SMILES string of the molecule is O=C(NS(=O)(=O)c1c(Br)cc2ccccc2c1F)c1cc(C2CCNC2)[nH]n1. The van der Waals surface area contributed by atoms with Gasteiger partial charge in [-0.2, -0.15) is 5.10 Å². The first kappa shape index (κ1) is 19.0. The number of carbonyl (C=O) groups is 1. The lowest BCUT2D eigenvalue weighted by Gasteiger charge is -2.11. The summed E-state index contributed by atoms with van der Waals surface area (Å²) in [5.74, 6) is -1.66. The number of aromatic nitrogens is 2. The van der Waals surface area contributed by atoms with Crippen molar-refractivity contribution in [3.05, 3.63) is 58.1 Å². The maximum absolute atomic E-state index is 14.9. The molecule has 146 valence electrons. The number of hydrogen-bond donors (Lipinski definition) is 3. The minimum atomic E-state index is -4.46. The monoisotopic (exact) mass is 466 g/mol. The van der Waals surface area contributed by atoms with E-state index >= 15 is 0 Å². The lowest BCUT2D eigenvalue weighted by molar-refractivity contribution is 0.0976. The van der Waals surface area contributed by atoms with Gasteiger partial charge in [0.1, 0.15) is 4.90 Å². The second-order valence-electron chi connectivity index (χ2n) is 6.56. The fourth-order valence-electron chi connectivity index (χ4n) is 3.31. The van der Waals surface area contributed by atoms with Crippen molar-refractivity contribution in [3.63, 3.8) is 0 Å². The molecule has 0 saturated carbocycles. The number of fused-ring (bicyclic) bond motifs is 1. The van der Waals surface area contributed by atoms with Crippen LogP contribution in [0.3, 0.4) is 0 Å². The molecule has 3 aromatic rings. The predicted molar refractivity (Wildman–Crippen MR) is 105 cm³/mol. The summed E-state index contributed by atoms with van der Waals surface area (Å²) in [6.45, 7) is 1.63. The number of benzene rings is 2. The second-order valence-corrected chi connectivity index (χ2v) is 9.03. The Bertz CT molecular complexity index is 1170. The molecular formula is C18H16BrFN4O3S. The van der Waals surface area contributed by atoms with Gasteiger partial charge >= 0.3 is 0 Å². The summed E-state index contributed by atoms with van der Waals surface area (Å²) in [7, 11) is -4.46. The van der Waals surface area contributed by atoms with Crippen LogP contribution in [0.4, 0.5) is 4.39 Å². The molecule has 28 heavy (non-hydrogen) atoms. The number of carbonyl (C=O) groups excluding carboxylic acids is 1. The molecule has 1 amide bonds. The van der Waals surface area contributed by atoms with Crippen LogP contribution in [0, 0.1) is 5.82 Å². The zero-order valence-corrected chi connectivity index (χ0v) is 16.9. The van der Waals surface area contributed by atoms with Gasteiger partial charge in [0.2, 0.25) is 0 Å². The standard InChI is InChI=1S/C18H16BrFN4O3S/c19-13-7-10-3-1-2-4-12(10)16(20)17(13)28(26,27)24-18(25)15-8-14(22-23-15)11-5-6-21-9-11/h1-4,7-8,11,21H,5-6,9H2,(H,22,23)(H,24,25). The number of hydrogen-bond acceptors (Lipinski definition) is 5. The Kier molecular flexibility index (Phi) is 4.94. The van der Waals surface area contributed by atoms with Crippen molar-refractivity contribution in [1.82, 2.24) is 20.2 Å². The van der Waals surface area contributed by atoms with E-state index in [1.54, 1.807) is 18.2 Å². The molecule has 1 atom stereocenters. The second kappa shape index (κ2) is 7.26. The number of nitrogens with one attached hydrogen (secondary N) is 3. The first-order valence-corrected chi connectivity index (χ1v) is 10.8. The maximum atomic E-state index is 14.9. The minimum Gasteiger partial charge on any atom is -0.316 e. The molecule has 1 aliphatic heterocycles. The van der Waals surface area contributed by atoms with Gasteiger partial charge in [0, 0.05) is 28.0 Å². The molecule has 0 radical (unpaired) electrons. The lowest BCUT2D eigenvalue weighted by Crippen LogP contribution is -2.31. The highest BCUT2D eigenvalue weighted by atomic mass is 79.9. The average molecular weight is 467 g/mol. The van der Waals surface area contributed by atoms with Crippen molar-refractivity contribution in [2.24, 2.45) is 0 Å². The molecule has 1 unspecified atom stereocenters. The van der Waals surface area contributed by atoms with Crippen LogP contribution < -0.4 is 10.0 Å². The van der Waals surface area contributed by atoms with E-state index in [4.69, 9.17) is 0 Å². The number of halogens is 2. The van der Waals surface area contributed by atoms with Crippen LogP contribution in [-0.4, -0.2) is 37.6 Å². The lowest BCUT2D eigenvalue weighted by atomic mass is 10.1. The van der Waals surface area contributed by atoms with Crippen LogP contribution in [0.5, 0.6) is 0 Å². The van der Waals surface area contributed by atoms with Gasteiger partial charge in [-0.25, -0.2) is 17.5 Å². The Labute approximate surface area is 168 Å². The number of sulfonamides is 1. The summed E-state index contributed by atoms with van der Waals surface area (Å²) in [6, 6.07) is 9.50. The van der Waals surface area contributed by atoms with E-state index in [9.17, 15) is 17.6 Å². The van der Waals surface area contributed by atoms with Gasteiger partial charge in [-0.1, -0.05) is 24.3 Å². The van der Waals surface area contributed by atoms with Gasteiger partial charge in [0.15, 0.2) is 11.5 Å². The van der Waals surface area contributed by atoms with E-state index in [0.29, 0.717) is 5.39 Å². The van der Waals surface area contributed by atoms with E-state index in [-0.39, 0.29) is 21.5 Å². The van der Waals surface area contributed by atoms with Gasteiger partial charge in [-0.05, 0) is 46.4 Å². The summed E-state index contributed by atoms with van der Waals surface area (Å²) in [5, 5.41) is 10.6. The van der Waals surface area contributed by atoms with Crippen molar-refractivity contribution in [2.75, 3.05) is 13.1 Å². The zero-order chi connectivity index (χ0) is 19.9.